The minimum atomic E-state index is -0.423. The molecule has 0 spiro atoms. The Hall–Kier alpha value is -5.60. The molecule has 2 heteroatoms. The molecule has 42 heavy (non-hydrogen) atoms. The first kappa shape index (κ1) is 16.6. The van der Waals surface area contributed by atoms with Crippen LogP contribution in [0.5, 0.6) is 0 Å². The molecule has 2 nitrogen and oxygen atoms in total. The highest BCUT2D eigenvalue weighted by atomic mass is 16.3. The van der Waals surface area contributed by atoms with Crippen LogP contribution < -0.4 is 0 Å². The highest BCUT2D eigenvalue weighted by molar-refractivity contribution is 6.21. The zero-order valence-electron chi connectivity index (χ0n) is 30.1. The summed E-state index contributed by atoms with van der Waals surface area (Å²) < 4.78 is 82.5. The lowest BCUT2D eigenvalue weighted by Crippen LogP contribution is -1.90. The smallest absolute Gasteiger partial charge is 0.146 e. The lowest BCUT2D eigenvalue weighted by molar-refractivity contribution is 0.615. The van der Waals surface area contributed by atoms with Crippen molar-refractivity contribution in [3.8, 4) is 33.4 Å². The van der Waals surface area contributed by atoms with E-state index in [1.165, 1.54) is 0 Å². The summed E-state index contributed by atoms with van der Waals surface area (Å²) in [5, 5.41) is 3.59. The first-order chi connectivity index (χ1) is 24.2. The maximum atomic E-state index is 9.12. The number of furan rings is 2. The number of rotatable bonds is 3. The van der Waals surface area contributed by atoms with Crippen LogP contribution >= 0.6 is 0 Å². The van der Waals surface area contributed by atoms with E-state index in [2.05, 4.69) is 6.07 Å². The molecule has 9 rings (SSSR count). The normalized spacial score (nSPS) is 14.5. The van der Waals surface area contributed by atoms with Gasteiger partial charge in [0.25, 0.3) is 0 Å². The summed E-state index contributed by atoms with van der Waals surface area (Å²) >= 11 is 0. The largest absolute Gasteiger partial charge is 0.464 e. The van der Waals surface area contributed by atoms with Crippen LogP contribution in [0.1, 0.15) is 11.0 Å². The van der Waals surface area contributed by atoms with Gasteiger partial charge in [0, 0.05) is 10.8 Å². The fourth-order valence-corrected chi connectivity index (χ4v) is 6.09. The molecule has 0 saturated heterocycles. The third-order valence-electron chi connectivity index (χ3n) is 8.01. The molecule has 0 N–H and O–H groups in total. The molecule has 0 amide bonds. The van der Waals surface area contributed by atoms with Crippen LogP contribution in [0.3, 0.4) is 0 Å². The molecule has 0 bridgehead atoms. The van der Waals surface area contributed by atoms with Crippen LogP contribution in [-0.2, 0) is 0 Å². The van der Waals surface area contributed by atoms with Crippen LogP contribution in [0.4, 0.5) is 0 Å². The topological polar surface area (TPSA) is 26.3 Å². The number of fused-ring (bicyclic) bond motifs is 7. The van der Waals surface area contributed by atoms with Crippen molar-refractivity contribution in [3.05, 3.63) is 146 Å². The third-order valence-corrected chi connectivity index (χ3v) is 8.01. The molecule has 7 aromatic carbocycles. The summed E-state index contributed by atoms with van der Waals surface area (Å²) in [6.07, 6.45) is 1.64. The Kier molecular flexibility index (Phi) is 3.54. The summed E-state index contributed by atoms with van der Waals surface area (Å²) in [5.74, 6) is 0. The van der Waals surface area contributed by atoms with Gasteiger partial charge in [-0.25, -0.2) is 0 Å². The Labute approximate surface area is 253 Å². The Bertz CT molecular complexity index is 2810. The standard InChI is InChI=1S/C40H24O2/c1-2-8-26(9-3-1)38-29-10-4-6-12-31(29)39(32-13-7-5-11-30(32)38)27-16-14-25(15-17-27)28-18-20-37-35(24-28)33-19-21-36-34(22-23-41-36)40(33)42-37/h1-24H/i4D,5D,6D,7D,10D,11D,12D,13D. The van der Waals surface area contributed by atoms with Crippen molar-refractivity contribution in [2.24, 2.45) is 0 Å². The molecule has 2 heterocycles. The minimum Gasteiger partial charge on any atom is -0.464 e. The molecular weight excluding hydrogens is 512 g/mol. The Morgan fingerprint density at radius 1 is 0.429 bits per heavy atom. The first-order valence-electron chi connectivity index (χ1n) is 17.6. The SMILES string of the molecule is [2H]c1c([2H])c([2H])c2c(-c3ccc(-c4ccc5oc6c7ccoc7ccc6c5c4)cc3)c3c([2H])c([2H])c([2H])c([2H])c3c(-c3ccccc3)c2c1[2H]. The lowest BCUT2D eigenvalue weighted by Gasteiger charge is -2.18. The zero-order chi connectivity index (χ0) is 34.6. The monoisotopic (exact) mass is 544 g/mol. The summed E-state index contributed by atoms with van der Waals surface area (Å²) in [7, 11) is 0. The van der Waals surface area contributed by atoms with E-state index in [0.29, 0.717) is 22.3 Å². The Morgan fingerprint density at radius 2 is 1.00 bits per heavy atom. The summed E-state index contributed by atoms with van der Waals surface area (Å²) in [5.41, 5.74) is 5.85. The molecule has 0 unspecified atom stereocenters. The van der Waals surface area contributed by atoms with Crippen LogP contribution in [0.2, 0.25) is 0 Å². The highest BCUT2D eigenvalue weighted by Gasteiger charge is 2.17. The van der Waals surface area contributed by atoms with Crippen LogP contribution in [0.25, 0.3) is 87.8 Å². The van der Waals surface area contributed by atoms with Gasteiger partial charge in [-0.1, -0.05) is 109 Å². The predicted octanol–water partition coefficient (Wildman–Crippen LogP) is 11.6. The van der Waals surface area contributed by atoms with E-state index >= 15 is 0 Å². The van der Waals surface area contributed by atoms with Gasteiger partial charge >= 0.3 is 0 Å². The van der Waals surface area contributed by atoms with Gasteiger partial charge < -0.3 is 8.83 Å². The van der Waals surface area contributed by atoms with E-state index in [9.17, 15) is 0 Å². The fourth-order valence-electron chi connectivity index (χ4n) is 6.09. The van der Waals surface area contributed by atoms with Gasteiger partial charge in [0.2, 0.25) is 0 Å². The molecular formula is C40H24O2. The van der Waals surface area contributed by atoms with Crippen LogP contribution in [0, 0.1) is 0 Å². The van der Waals surface area contributed by atoms with E-state index in [1.54, 1.807) is 30.5 Å². The predicted molar refractivity (Wildman–Crippen MR) is 175 cm³/mol. The van der Waals surface area contributed by atoms with Gasteiger partial charge in [-0.15, -0.1) is 0 Å². The van der Waals surface area contributed by atoms with E-state index in [0.717, 1.165) is 44.0 Å². The zero-order valence-corrected chi connectivity index (χ0v) is 22.1. The maximum absolute atomic E-state index is 9.12. The average molecular weight is 545 g/mol. The van der Waals surface area contributed by atoms with Crippen molar-refractivity contribution in [2.45, 2.75) is 0 Å². The van der Waals surface area contributed by atoms with Gasteiger partial charge in [-0.05, 0) is 85.3 Å². The molecule has 0 saturated carbocycles. The Balaban J connectivity index is 1.33. The molecule has 2 aromatic heterocycles. The van der Waals surface area contributed by atoms with Gasteiger partial charge in [-0.3, -0.25) is 0 Å². The summed E-state index contributed by atoms with van der Waals surface area (Å²) in [6, 6.07) is 25.4. The number of hydrogen-bond donors (Lipinski definition) is 0. The molecule has 0 aliphatic carbocycles. The average Bonchev–Trinajstić information content (AvgIpc) is 3.78. The van der Waals surface area contributed by atoms with Crippen molar-refractivity contribution < 1.29 is 19.8 Å². The van der Waals surface area contributed by atoms with Crippen LogP contribution in [-0.4, -0.2) is 0 Å². The Morgan fingerprint density at radius 3 is 1.67 bits per heavy atom. The van der Waals surface area contributed by atoms with Crippen LogP contribution in [0.15, 0.2) is 154 Å². The fraction of sp³-hybridized carbons (Fsp3) is 0. The molecule has 0 aliphatic rings. The summed E-state index contributed by atoms with van der Waals surface area (Å²) in [6.45, 7) is 0. The lowest BCUT2D eigenvalue weighted by atomic mass is 9.86. The van der Waals surface area contributed by atoms with E-state index in [1.807, 2.05) is 60.7 Å². The van der Waals surface area contributed by atoms with Crippen molar-refractivity contribution in [3.63, 3.8) is 0 Å². The molecule has 0 fully saturated rings. The number of benzene rings is 7. The van der Waals surface area contributed by atoms with E-state index in [-0.39, 0.29) is 45.7 Å². The van der Waals surface area contributed by atoms with Crippen molar-refractivity contribution in [1.29, 1.82) is 0 Å². The third kappa shape index (κ3) is 3.39. The summed E-state index contributed by atoms with van der Waals surface area (Å²) in [4.78, 5) is 0. The van der Waals surface area contributed by atoms with E-state index < -0.39 is 24.2 Å². The quantitative estimate of drug-likeness (QED) is 0.207. The van der Waals surface area contributed by atoms with Crippen molar-refractivity contribution in [1.82, 2.24) is 0 Å². The molecule has 0 radical (unpaired) electrons. The second-order valence-corrected chi connectivity index (χ2v) is 10.3. The molecule has 0 aliphatic heterocycles. The van der Waals surface area contributed by atoms with Gasteiger partial charge in [-0.2, -0.15) is 0 Å². The molecule has 0 atom stereocenters. The van der Waals surface area contributed by atoms with Crippen molar-refractivity contribution >= 4 is 54.5 Å². The highest BCUT2D eigenvalue weighted by Crippen LogP contribution is 2.44. The second kappa shape index (κ2) is 8.95. The van der Waals surface area contributed by atoms with Gasteiger partial charge in [0.1, 0.15) is 16.7 Å². The van der Waals surface area contributed by atoms with Crippen molar-refractivity contribution in [2.75, 3.05) is 0 Å². The van der Waals surface area contributed by atoms with Gasteiger partial charge in [0.15, 0.2) is 0 Å². The second-order valence-electron chi connectivity index (χ2n) is 10.3. The van der Waals surface area contributed by atoms with E-state index in [4.69, 9.17) is 19.8 Å². The number of hydrogen-bond acceptors (Lipinski definition) is 2. The first-order valence-corrected chi connectivity index (χ1v) is 13.6. The molecule has 196 valence electrons. The minimum absolute atomic E-state index is 0.192. The molecule has 9 aromatic rings. The maximum Gasteiger partial charge on any atom is 0.146 e. The van der Waals surface area contributed by atoms with Gasteiger partial charge in [0.05, 0.1) is 22.6 Å².